The predicted octanol–water partition coefficient (Wildman–Crippen LogP) is 1.70. The highest BCUT2D eigenvalue weighted by molar-refractivity contribution is 5.74. The molecule has 2 amide bonds. The zero-order chi connectivity index (χ0) is 14.5. The second kappa shape index (κ2) is 6.61. The summed E-state index contributed by atoms with van der Waals surface area (Å²) in [5.74, 6) is 0.564. The average Bonchev–Trinajstić information content (AvgIpc) is 2.82. The predicted molar refractivity (Wildman–Crippen MR) is 76.6 cm³/mol. The van der Waals surface area contributed by atoms with Crippen LogP contribution in [0.15, 0.2) is 18.2 Å². The third-order valence-electron chi connectivity index (χ3n) is 3.78. The molecule has 20 heavy (non-hydrogen) atoms. The van der Waals surface area contributed by atoms with E-state index in [9.17, 15) is 9.90 Å². The van der Waals surface area contributed by atoms with Crippen molar-refractivity contribution in [3.8, 4) is 5.75 Å². The van der Waals surface area contributed by atoms with Gasteiger partial charge in [-0.2, -0.15) is 0 Å². The summed E-state index contributed by atoms with van der Waals surface area (Å²) >= 11 is 0. The third kappa shape index (κ3) is 3.42. The molecule has 2 unspecified atom stereocenters. The molecular formula is C15H22N2O3. The van der Waals surface area contributed by atoms with E-state index < -0.39 is 0 Å². The number of hydrogen-bond donors (Lipinski definition) is 4. The van der Waals surface area contributed by atoms with Gasteiger partial charge in [0.1, 0.15) is 5.75 Å². The van der Waals surface area contributed by atoms with Gasteiger partial charge in [0, 0.05) is 13.2 Å². The average molecular weight is 278 g/mol. The minimum atomic E-state index is -0.198. The van der Waals surface area contributed by atoms with E-state index in [0.29, 0.717) is 18.7 Å². The van der Waals surface area contributed by atoms with E-state index in [1.807, 2.05) is 13.0 Å². The summed E-state index contributed by atoms with van der Waals surface area (Å²) in [6, 6.07) is 5.19. The first kappa shape index (κ1) is 14.7. The number of aliphatic hydroxyl groups is 1. The maximum Gasteiger partial charge on any atom is 0.315 e. The first-order valence-corrected chi connectivity index (χ1v) is 7.07. The van der Waals surface area contributed by atoms with Gasteiger partial charge in [-0.1, -0.05) is 19.1 Å². The van der Waals surface area contributed by atoms with Crippen LogP contribution in [0.5, 0.6) is 5.75 Å². The standard InChI is InChI=1S/C15H22N2O3/c1-10(7-8-18)9-16-15(20)17-13-6-5-12-11(13)3-2-4-14(12)19/h2-4,10,13,18-19H,5-9H2,1H3,(H2,16,17,20). The highest BCUT2D eigenvalue weighted by Gasteiger charge is 2.25. The number of carbonyl (C=O) groups is 1. The molecule has 2 atom stereocenters. The molecule has 0 spiro atoms. The van der Waals surface area contributed by atoms with Gasteiger partial charge >= 0.3 is 6.03 Å². The van der Waals surface area contributed by atoms with Crippen LogP contribution in [0.3, 0.4) is 0 Å². The molecule has 0 saturated carbocycles. The van der Waals surface area contributed by atoms with Crippen molar-refractivity contribution >= 4 is 6.03 Å². The Labute approximate surface area is 119 Å². The second-order valence-electron chi connectivity index (χ2n) is 5.41. The number of urea groups is 1. The molecule has 1 aliphatic carbocycles. The number of fused-ring (bicyclic) bond motifs is 1. The van der Waals surface area contributed by atoms with E-state index >= 15 is 0 Å². The summed E-state index contributed by atoms with van der Waals surface area (Å²) in [5.41, 5.74) is 1.94. The van der Waals surface area contributed by atoms with Crippen molar-refractivity contribution in [2.75, 3.05) is 13.2 Å². The van der Waals surface area contributed by atoms with Gasteiger partial charge in [0.15, 0.2) is 0 Å². The Hall–Kier alpha value is -1.75. The van der Waals surface area contributed by atoms with Crippen LogP contribution in [0.2, 0.25) is 0 Å². The Morgan fingerprint density at radius 3 is 3.05 bits per heavy atom. The van der Waals surface area contributed by atoms with Crippen molar-refractivity contribution in [3.63, 3.8) is 0 Å². The Morgan fingerprint density at radius 1 is 1.50 bits per heavy atom. The van der Waals surface area contributed by atoms with Crippen molar-refractivity contribution in [2.45, 2.75) is 32.2 Å². The van der Waals surface area contributed by atoms with Gasteiger partial charge in [0.05, 0.1) is 6.04 Å². The largest absolute Gasteiger partial charge is 0.508 e. The number of amides is 2. The summed E-state index contributed by atoms with van der Waals surface area (Å²) in [6.45, 7) is 2.67. The molecule has 0 aromatic heterocycles. The molecule has 4 N–H and O–H groups in total. The van der Waals surface area contributed by atoms with Gasteiger partial charge in [-0.3, -0.25) is 0 Å². The van der Waals surface area contributed by atoms with Crippen molar-refractivity contribution in [1.82, 2.24) is 10.6 Å². The van der Waals surface area contributed by atoms with Crippen molar-refractivity contribution in [2.24, 2.45) is 5.92 Å². The molecule has 1 aromatic rings. The molecule has 2 rings (SSSR count). The Kier molecular flexibility index (Phi) is 4.84. The monoisotopic (exact) mass is 278 g/mol. The van der Waals surface area contributed by atoms with Crippen molar-refractivity contribution in [3.05, 3.63) is 29.3 Å². The van der Waals surface area contributed by atoms with Gasteiger partial charge in [-0.05, 0) is 42.4 Å². The van der Waals surface area contributed by atoms with E-state index in [1.54, 1.807) is 12.1 Å². The van der Waals surface area contributed by atoms with Gasteiger partial charge < -0.3 is 20.8 Å². The molecule has 0 bridgehead atoms. The molecule has 1 aromatic carbocycles. The highest BCUT2D eigenvalue weighted by atomic mass is 16.3. The second-order valence-corrected chi connectivity index (χ2v) is 5.41. The minimum absolute atomic E-state index is 0.0368. The normalized spacial score (nSPS) is 18.4. The SMILES string of the molecule is CC(CCO)CNC(=O)NC1CCc2c(O)cccc21. The van der Waals surface area contributed by atoms with Gasteiger partial charge in [-0.25, -0.2) is 4.79 Å². The Bertz CT molecular complexity index is 476. The van der Waals surface area contributed by atoms with Crippen molar-refractivity contribution in [1.29, 1.82) is 0 Å². The molecule has 5 heteroatoms. The van der Waals surface area contributed by atoms with Crippen LogP contribution in [0.1, 0.15) is 36.9 Å². The third-order valence-corrected chi connectivity index (χ3v) is 3.78. The molecule has 0 fully saturated rings. The van der Waals surface area contributed by atoms with Crippen LogP contribution in [0, 0.1) is 5.92 Å². The van der Waals surface area contributed by atoms with Crippen LogP contribution < -0.4 is 10.6 Å². The van der Waals surface area contributed by atoms with E-state index in [2.05, 4.69) is 10.6 Å². The summed E-state index contributed by atoms with van der Waals surface area (Å²) in [4.78, 5) is 11.9. The molecule has 0 heterocycles. The highest BCUT2D eigenvalue weighted by Crippen LogP contribution is 2.36. The van der Waals surface area contributed by atoms with Crippen LogP contribution in [-0.2, 0) is 6.42 Å². The maximum absolute atomic E-state index is 11.9. The first-order valence-electron chi connectivity index (χ1n) is 7.07. The number of nitrogens with one attached hydrogen (secondary N) is 2. The number of aliphatic hydroxyl groups excluding tert-OH is 1. The quantitative estimate of drug-likeness (QED) is 0.661. The maximum atomic E-state index is 11.9. The lowest BCUT2D eigenvalue weighted by atomic mass is 10.1. The van der Waals surface area contributed by atoms with Crippen LogP contribution in [0.4, 0.5) is 4.79 Å². The number of phenolic OH excluding ortho intramolecular Hbond substituents is 1. The molecule has 0 radical (unpaired) electrons. The summed E-state index contributed by atoms with van der Waals surface area (Å²) < 4.78 is 0. The fourth-order valence-electron chi connectivity index (χ4n) is 2.58. The molecule has 1 aliphatic rings. The zero-order valence-corrected chi connectivity index (χ0v) is 11.7. The number of phenols is 1. The fourth-order valence-corrected chi connectivity index (χ4v) is 2.58. The van der Waals surface area contributed by atoms with E-state index in [4.69, 9.17) is 5.11 Å². The summed E-state index contributed by atoms with van der Waals surface area (Å²) in [6.07, 6.45) is 2.28. The Morgan fingerprint density at radius 2 is 2.30 bits per heavy atom. The summed E-state index contributed by atoms with van der Waals surface area (Å²) in [5, 5.41) is 24.3. The molecule has 5 nitrogen and oxygen atoms in total. The molecule has 0 aliphatic heterocycles. The van der Waals surface area contributed by atoms with Crippen LogP contribution in [0.25, 0.3) is 0 Å². The number of benzene rings is 1. The van der Waals surface area contributed by atoms with Gasteiger partial charge in [-0.15, -0.1) is 0 Å². The van der Waals surface area contributed by atoms with Crippen molar-refractivity contribution < 1.29 is 15.0 Å². The Balaban J connectivity index is 1.87. The number of carbonyl (C=O) groups excluding carboxylic acids is 1. The zero-order valence-electron chi connectivity index (χ0n) is 11.7. The number of rotatable bonds is 5. The molecule has 110 valence electrons. The number of hydrogen-bond acceptors (Lipinski definition) is 3. The fraction of sp³-hybridized carbons (Fsp3) is 0.533. The van der Waals surface area contributed by atoms with Crippen LogP contribution in [-0.4, -0.2) is 29.4 Å². The van der Waals surface area contributed by atoms with Crippen LogP contribution >= 0.6 is 0 Å². The van der Waals surface area contributed by atoms with E-state index in [-0.39, 0.29) is 24.6 Å². The van der Waals surface area contributed by atoms with Gasteiger partial charge in [0.2, 0.25) is 0 Å². The molecular weight excluding hydrogens is 256 g/mol. The molecule has 0 saturated heterocycles. The topological polar surface area (TPSA) is 81.6 Å². The minimum Gasteiger partial charge on any atom is -0.508 e. The summed E-state index contributed by atoms with van der Waals surface area (Å²) in [7, 11) is 0. The van der Waals surface area contributed by atoms with E-state index in [0.717, 1.165) is 24.0 Å². The van der Waals surface area contributed by atoms with Gasteiger partial charge in [0.25, 0.3) is 0 Å². The first-order chi connectivity index (χ1) is 9.61. The smallest absolute Gasteiger partial charge is 0.315 e. The van der Waals surface area contributed by atoms with E-state index in [1.165, 1.54) is 0 Å². The lowest BCUT2D eigenvalue weighted by molar-refractivity contribution is 0.230. The lowest BCUT2D eigenvalue weighted by Gasteiger charge is -2.16. The number of aromatic hydroxyl groups is 1. The lowest BCUT2D eigenvalue weighted by Crippen LogP contribution is -2.39.